The van der Waals surface area contributed by atoms with Gasteiger partial charge in [0.15, 0.2) is 5.95 Å². The molecular weight excluding hydrogens is 200 g/mol. The second-order valence-electron chi connectivity index (χ2n) is 4.77. The lowest BCUT2D eigenvalue weighted by Crippen LogP contribution is -2.40. The molecule has 0 bridgehead atoms. The van der Waals surface area contributed by atoms with E-state index in [1.54, 1.807) is 0 Å². The first-order valence-electron chi connectivity index (χ1n) is 6.02. The van der Waals surface area contributed by atoms with Gasteiger partial charge < -0.3 is 10.3 Å². The third-order valence-corrected chi connectivity index (χ3v) is 2.69. The maximum Gasteiger partial charge on any atom is 0.200 e. The molecule has 0 atom stereocenters. The van der Waals surface area contributed by atoms with Crippen molar-refractivity contribution in [3.05, 3.63) is 11.9 Å². The van der Waals surface area contributed by atoms with Crippen molar-refractivity contribution < 1.29 is 0 Å². The number of nitrogens with zero attached hydrogens (tertiary/aromatic N) is 2. The van der Waals surface area contributed by atoms with E-state index in [0.29, 0.717) is 12.1 Å². The average molecular weight is 224 g/mol. The molecule has 0 saturated heterocycles. The number of aromatic nitrogens is 2. The molecule has 1 aromatic rings. The Kier molecular flexibility index (Phi) is 4.80. The molecule has 0 spiro atoms. The molecular formula is C12H24N4. The lowest BCUT2D eigenvalue weighted by molar-refractivity contribution is 0.182. The SMILES string of the molecule is Cc1cnc(NCCN(C(C)C)C(C)C)[nH]1. The van der Waals surface area contributed by atoms with Gasteiger partial charge in [0, 0.05) is 37.1 Å². The smallest absolute Gasteiger partial charge is 0.200 e. The Morgan fingerprint density at radius 2 is 1.94 bits per heavy atom. The maximum atomic E-state index is 4.22. The van der Waals surface area contributed by atoms with Crippen LogP contribution >= 0.6 is 0 Å². The van der Waals surface area contributed by atoms with Crippen LogP contribution in [0.4, 0.5) is 5.95 Å². The van der Waals surface area contributed by atoms with E-state index in [0.717, 1.165) is 24.7 Å². The van der Waals surface area contributed by atoms with Crippen LogP contribution in [0, 0.1) is 6.92 Å². The summed E-state index contributed by atoms with van der Waals surface area (Å²) in [6, 6.07) is 1.17. The van der Waals surface area contributed by atoms with Gasteiger partial charge in [-0.2, -0.15) is 0 Å². The Balaban J connectivity index is 2.33. The molecule has 0 fully saturated rings. The third kappa shape index (κ3) is 3.85. The third-order valence-electron chi connectivity index (χ3n) is 2.69. The zero-order chi connectivity index (χ0) is 12.1. The number of hydrogen-bond acceptors (Lipinski definition) is 3. The molecule has 16 heavy (non-hydrogen) atoms. The first kappa shape index (κ1) is 13.0. The summed E-state index contributed by atoms with van der Waals surface area (Å²) in [5, 5.41) is 3.30. The molecule has 4 heteroatoms. The van der Waals surface area contributed by atoms with Gasteiger partial charge in [-0.25, -0.2) is 4.98 Å². The van der Waals surface area contributed by atoms with E-state index < -0.39 is 0 Å². The van der Waals surface area contributed by atoms with Crippen molar-refractivity contribution in [1.29, 1.82) is 0 Å². The van der Waals surface area contributed by atoms with Gasteiger partial charge >= 0.3 is 0 Å². The van der Waals surface area contributed by atoms with Gasteiger partial charge in [-0.3, -0.25) is 4.90 Å². The van der Waals surface area contributed by atoms with Gasteiger partial charge in [-0.15, -0.1) is 0 Å². The van der Waals surface area contributed by atoms with E-state index in [4.69, 9.17) is 0 Å². The molecule has 1 aromatic heterocycles. The number of hydrogen-bond donors (Lipinski definition) is 2. The Hall–Kier alpha value is -1.03. The van der Waals surface area contributed by atoms with Crippen molar-refractivity contribution in [3.63, 3.8) is 0 Å². The standard InChI is InChI=1S/C12H24N4/c1-9(2)16(10(3)4)7-6-13-12-14-8-11(5)15-12/h8-10H,6-7H2,1-5H3,(H2,13,14,15). The van der Waals surface area contributed by atoms with Crippen molar-refractivity contribution in [2.75, 3.05) is 18.4 Å². The molecule has 0 amide bonds. The minimum atomic E-state index is 0.583. The van der Waals surface area contributed by atoms with E-state index in [1.807, 2.05) is 13.1 Å². The molecule has 0 radical (unpaired) electrons. The highest BCUT2D eigenvalue weighted by Gasteiger charge is 2.12. The Bertz CT molecular complexity index is 296. The van der Waals surface area contributed by atoms with E-state index in [2.05, 4.69) is 47.9 Å². The molecule has 0 aliphatic carbocycles. The minimum absolute atomic E-state index is 0.583. The van der Waals surface area contributed by atoms with Crippen molar-refractivity contribution in [3.8, 4) is 0 Å². The lowest BCUT2D eigenvalue weighted by atomic mass is 10.2. The van der Waals surface area contributed by atoms with E-state index in [9.17, 15) is 0 Å². The summed E-state index contributed by atoms with van der Waals surface area (Å²) in [4.78, 5) is 9.85. The van der Waals surface area contributed by atoms with Gasteiger partial charge in [0.1, 0.15) is 0 Å². The minimum Gasteiger partial charge on any atom is -0.355 e. The summed E-state index contributed by atoms with van der Waals surface area (Å²) in [5.41, 5.74) is 1.09. The molecule has 1 heterocycles. The van der Waals surface area contributed by atoms with Crippen LogP contribution in [0.1, 0.15) is 33.4 Å². The summed E-state index contributed by atoms with van der Waals surface area (Å²) in [5.74, 6) is 0.866. The predicted molar refractivity (Wildman–Crippen MR) is 68.8 cm³/mol. The predicted octanol–water partition coefficient (Wildman–Crippen LogP) is 2.25. The molecule has 0 aliphatic heterocycles. The fraction of sp³-hybridized carbons (Fsp3) is 0.750. The summed E-state index contributed by atoms with van der Waals surface area (Å²) < 4.78 is 0. The fourth-order valence-corrected chi connectivity index (χ4v) is 1.92. The lowest BCUT2D eigenvalue weighted by Gasteiger charge is -2.30. The van der Waals surface area contributed by atoms with Gasteiger partial charge in [0.2, 0.25) is 0 Å². The van der Waals surface area contributed by atoms with Crippen LogP contribution in [-0.2, 0) is 0 Å². The van der Waals surface area contributed by atoms with Crippen molar-refractivity contribution >= 4 is 5.95 Å². The van der Waals surface area contributed by atoms with Gasteiger partial charge in [-0.05, 0) is 34.6 Å². The Morgan fingerprint density at radius 3 is 2.38 bits per heavy atom. The zero-order valence-electron chi connectivity index (χ0n) is 11.0. The molecule has 4 nitrogen and oxygen atoms in total. The number of anilines is 1. The fourth-order valence-electron chi connectivity index (χ4n) is 1.92. The number of H-pyrrole nitrogens is 1. The van der Waals surface area contributed by atoms with Gasteiger partial charge in [0.05, 0.1) is 0 Å². The largest absolute Gasteiger partial charge is 0.355 e. The molecule has 0 saturated carbocycles. The van der Waals surface area contributed by atoms with Crippen LogP contribution < -0.4 is 5.32 Å². The summed E-state index contributed by atoms with van der Waals surface area (Å²) in [7, 11) is 0. The maximum absolute atomic E-state index is 4.22. The van der Waals surface area contributed by atoms with Crippen molar-refractivity contribution in [1.82, 2.24) is 14.9 Å². The van der Waals surface area contributed by atoms with E-state index in [-0.39, 0.29) is 0 Å². The Labute approximate surface area is 98.5 Å². The number of imidazole rings is 1. The number of aromatic amines is 1. The Morgan fingerprint density at radius 1 is 1.31 bits per heavy atom. The summed E-state index contributed by atoms with van der Waals surface area (Å²) in [6.45, 7) is 12.9. The zero-order valence-corrected chi connectivity index (χ0v) is 11.0. The highest BCUT2D eigenvalue weighted by atomic mass is 15.2. The number of aryl methyl sites for hydroxylation is 1. The molecule has 0 aromatic carbocycles. The van der Waals surface area contributed by atoms with Crippen LogP contribution in [0.3, 0.4) is 0 Å². The van der Waals surface area contributed by atoms with Crippen LogP contribution in [0.25, 0.3) is 0 Å². The second-order valence-corrected chi connectivity index (χ2v) is 4.77. The first-order valence-corrected chi connectivity index (χ1v) is 6.02. The topological polar surface area (TPSA) is 44.0 Å². The molecule has 1 rings (SSSR count). The van der Waals surface area contributed by atoms with E-state index in [1.165, 1.54) is 0 Å². The van der Waals surface area contributed by atoms with Crippen LogP contribution in [0.15, 0.2) is 6.20 Å². The summed E-state index contributed by atoms with van der Waals surface area (Å²) >= 11 is 0. The molecule has 2 N–H and O–H groups in total. The normalized spacial score (nSPS) is 11.8. The first-order chi connectivity index (χ1) is 7.50. The number of nitrogens with one attached hydrogen (secondary N) is 2. The average Bonchev–Trinajstić information content (AvgIpc) is 2.57. The highest BCUT2D eigenvalue weighted by molar-refractivity contribution is 5.25. The monoisotopic (exact) mass is 224 g/mol. The van der Waals surface area contributed by atoms with Gasteiger partial charge in [-0.1, -0.05) is 0 Å². The molecule has 0 unspecified atom stereocenters. The van der Waals surface area contributed by atoms with Crippen LogP contribution in [0.5, 0.6) is 0 Å². The summed E-state index contributed by atoms with van der Waals surface area (Å²) in [6.07, 6.45) is 1.84. The highest BCUT2D eigenvalue weighted by Crippen LogP contribution is 2.05. The van der Waals surface area contributed by atoms with E-state index >= 15 is 0 Å². The van der Waals surface area contributed by atoms with Crippen LogP contribution in [-0.4, -0.2) is 40.0 Å². The number of rotatable bonds is 6. The quantitative estimate of drug-likeness (QED) is 0.779. The van der Waals surface area contributed by atoms with Crippen LogP contribution in [0.2, 0.25) is 0 Å². The molecule has 92 valence electrons. The van der Waals surface area contributed by atoms with Gasteiger partial charge in [0.25, 0.3) is 0 Å². The second kappa shape index (κ2) is 5.89. The molecule has 0 aliphatic rings. The van der Waals surface area contributed by atoms with Crippen molar-refractivity contribution in [2.24, 2.45) is 0 Å². The van der Waals surface area contributed by atoms with Crippen molar-refractivity contribution in [2.45, 2.75) is 46.7 Å².